The second-order valence-corrected chi connectivity index (χ2v) is 21.6. The first-order chi connectivity index (χ1) is 42.2. The van der Waals surface area contributed by atoms with Crippen molar-refractivity contribution in [2.45, 2.75) is 114 Å². The van der Waals surface area contributed by atoms with Gasteiger partial charge in [-0.3, -0.25) is 48.1 Å². The van der Waals surface area contributed by atoms with Gasteiger partial charge in [0.05, 0.1) is 19.7 Å². The number of likely N-dealkylation sites (tertiary alicyclic amines) is 1. The van der Waals surface area contributed by atoms with Crippen molar-refractivity contribution in [3.05, 3.63) is 138 Å². The molecule has 1 aliphatic heterocycles. The van der Waals surface area contributed by atoms with E-state index in [9.17, 15) is 58.2 Å². The molecule has 5 aromatic rings. The van der Waals surface area contributed by atoms with Crippen LogP contribution >= 0.6 is 12.4 Å². The Labute approximate surface area is 520 Å². The highest BCUT2D eigenvalue weighted by atomic mass is 35.5. The summed E-state index contributed by atoms with van der Waals surface area (Å²) < 4.78 is 5.45. The number of primary amides is 1. The molecule has 10 amide bonds. The van der Waals surface area contributed by atoms with Gasteiger partial charge in [0, 0.05) is 49.5 Å². The van der Waals surface area contributed by atoms with Crippen LogP contribution in [-0.4, -0.2) is 160 Å². The lowest BCUT2D eigenvalue weighted by atomic mass is 10.0. The number of aliphatic hydroxyl groups is 1. The number of nitrogens with one attached hydrogen (secondary N) is 9. The van der Waals surface area contributed by atoms with Crippen molar-refractivity contribution >= 4 is 88.5 Å². The zero-order chi connectivity index (χ0) is 63.7. The molecule has 17 N–H and O–H groups in total. The number of nitrogens with zero attached hydrogens (tertiary/aromatic N) is 2. The molecule has 0 unspecified atom stereocenters. The van der Waals surface area contributed by atoms with Gasteiger partial charge in [0.15, 0.2) is 5.96 Å². The van der Waals surface area contributed by atoms with Crippen LogP contribution in [0.3, 0.4) is 0 Å². The van der Waals surface area contributed by atoms with Gasteiger partial charge in [0.25, 0.3) is 0 Å². The van der Waals surface area contributed by atoms with Gasteiger partial charge in [-0.2, -0.15) is 0 Å². The van der Waals surface area contributed by atoms with Gasteiger partial charge in [-0.1, -0.05) is 105 Å². The van der Waals surface area contributed by atoms with Gasteiger partial charge in [0.1, 0.15) is 54.6 Å². The molecular formula is C61H79ClN14O13. The summed E-state index contributed by atoms with van der Waals surface area (Å²) in [4.78, 5) is 145. The second kappa shape index (κ2) is 35.1. The predicted octanol–water partition coefficient (Wildman–Crippen LogP) is -0.157. The number of ether oxygens (including phenoxy) is 1. The fourth-order valence-corrected chi connectivity index (χ4v) is 9.85. The first-order valence-corrected chi connectivity index (χ1v) is 28.8. The van der Waals surface area contributed by atoms with Crippen LogP contribution in [0.1, 0.15) is 68.2 Å². The number of phenolic OH excluding ortho intramolecular Hbond substituents is 1. The van der Waals surface area contributed by atoms with E-state index in [0.717, 1.165) is 10.9 Å². The van der Waals surface area contributed by atoms with Gasteiger partial charge >= 0.3 is 6.09 Å². The van der Waals surface area contributed by atoms with E-state index in [0.29, 0.717) is 28.7 Å². The molecule has 0 spiro atoms. The Morgan fingerprint density at radius 1 is 0.640 bits per heavy atom. The Kier molecular flexibility index (Phi) is 27.6. The van der Waals surface area contributed by atoms with E-state index in [1.165, 1.54) is 29.2 Å². The second-order valence-electron chi connectivity index (χ2n) is 21.6. The van der Waals surface area contributed by atoms with Crippen molar-refractivity contribution in [3.8, 4) is 5.75 Å². The van der Waals surface area contributed by atoms with Crippen LogP contribution in [0.4, 0.5) is 4.79 Å². The normalized spacial score (nSPS) is 14.6. The standard InChI is InChI=1S/C61H78N14O13.ClH/c1-36(2)27-45(54(81)70-44(19-11-25-65-60(63)64)59(86)75-26-12-20-50(75)58(85)67-32-51(62)78)69-52(79)33-68-53(80)46(29-38-21-23-41(77)24-22-38)71-57(84)49(34-76)73-56(83)48(30-40-31-66-43-18-10-9-17-42(40)43)72-55(82)47(28-37-13-5-3-6-14-37)74-61(87)88-35-39-15-7-4-8-16-39;/h3-10,13-18,21-24,31,36,44-50,66,76-77H,11-12,19-20,25-30,32-35H2,1-2H3,(H2,62,78)(H,67,85)(H,68,80)(H,69,79)(H,70,81)(H,71,84)(H,72,82)(H,73,83)(H,74,87)(H4,63,64,65);1H/t44-,45-,46-,47+,48-,49-,50-;/m0./s1. The number of phenols is 1. The van der Waals surface area contributed by atoms with Crippen molar-refractivity contribution in [2.24, 2.45) is 28.1 Å². The third-order valence-electron chi connectivity index (χ3n) is 14.3. The highest BCUT2D eigenvalue weighted by Crippen LogP contribution is 2.22. The van der Waals surface area contributed by atoms with Crippen LogP contribution in [0.2, 0.25) is 0 Å². The third kappa shape index (κ3) is 22.5. The fraction of sp³-hybridized carbons (Fsp3) is 0.393. The van der Waals surface area contributed by atoms with Gasteiger partial charge in [0.2, 0.25) is 53.2 Å². The maximum Gasteiger partial charge on any atom is 0.408 e. The average Bonchev–Trinajstić information content (AvgIpc) is 2.53. The van der Waals surface area contributed by atoms with Gasteiger partial charge in [-0.15, -0.1) is 12.4 Å². The number of benzene rings is 4. The number of aromatic nitrogens is 1. The van der Waals surface area contributed by atoms with Crippen molar-refractivity contribution < 1.29 is 62.9 Å². The largest absolute Gasteiger partial charge is 0.508 e. The molecular weight excluding hydrogens is 1170 g/mol. The number of guanidine groups is 1. The van der Waals surface area contributed by atoms with Gasteiger partial charge < -0.3 is 84.6 Å². The summed E-state index contributed by atoms with van der Waals surface area (Å²) in [5.74, 6) is -7.76. The maximum atomic E-state index is 14.5. The summed E-state index contributed by atoms with van der Waals surface area (Å²) in [5.41, 5.74) is 19.3. The van der Waals surface area contributed by atoms with E-state index >= 15 is 0 Å². The number of H-pyrrole nitrogens is 1. The first kappa shape index (κ1) is 70.0. The average molecular weight is 1250 g/mol. The number of aliphatic hydroxyl groups excluding tert-OH is 1. The molecule has 7 atom stereocenters. The number of amides is 10. The molecule has 1 aliphatic rings. The Balaban J connectivity index is 0.0000144. The first-order valence-electron chi connectivity index (χ1n) is 28.8. The minimum Gasteiger partial charge on any atom is -0.508 e. The van der Waals surface area contributed by atoms with Gasteiger partial charge in [-0.05, 0) is 78.5 Å². The number of rotatable bonds is 32. The number of para-hydroxylation sites is 1. The Morgan fingerprint density at radius 3 is 1.83 bits per heavy atom. The number of aromatic hydroxyl groups is 1. The number of carbonyl (C=O) groups excluding carboxylic acids is 10. The van der Waals surface area contributed by atoms with E-state index in [2.05, 4.69) is 52.5 Å². The zero-order valence-electron chi connectivity index (χ0n) is 49.4. The Bertz CT molecular complexity index is 3240. The van der Waals surface area contributed by atoms with Gasteiger partial charge in [-0.25, -0.2) is 4.79 Å². The summed E-state index contributed by atoms with van der Waals surface area (Å²) in [6.45, 7) is 1.57. The molecule has 28 heteroatoms. The number of carbonyl (C=O) groups is 10. The molecule has 0 radical (unpaired) electrons. The van der Waals surface area contributed by atoms with Crippen LogP contribution in [-0.2, 0) is 73.8 Å². The van der Waals surface area contributed by atoms with Crippen LogP contribution in [0, 0.1) is 5.92 Å². The highest BCUT2D eigenvalue weighted by molar-refractivity contribution is 5.98. The van der Waals surface area contributed by atoms with Crippen molar-refractivity contribution in [1.29, 1.82) is 0 Å². The maximum absolute atomic E-state index is 14.5. The molecule has 89 heavy (non-hydrogen) atoms. The number of nitrogens with two attached hydrogens (primary N) is 3. The molecule has 1 aromatic heterocycles. The number of aromatic amines is 1. The third-order valence-corrected chi connectivity index (χ3v) is 14.3. The number of aliphatic imine (C=N–C) groups is 1. The SMILES string of the molecule is CC(C)C[C@H](NC(=O)CNC(=O)[C@H](Cc1ccc(O)cc1)NC(=O)[C@H](CO)NC(=O)[C@H](Cc1c[nH]c2ccccc12)NC(=O)[C@@H](Cc1ccccc1)NC(=O)OCc1ccccc1)C(=O)N[C@@H](CCCN=C(N)N)C(=O)N1CCC[C@H]1C(=O)NCC(N)=O.Cl. The van der Waals surface area contributed by atoms with Crippen LogP contribution in [0.5, 0.6) is 5.75 Å². The quantitative estimate of drug-likeness (QED) is 0.0151. The number of alkyl carbamates (subject to hydrolysis) is 1. The highest BCUT2D eigenvalue weighted by Gasteiger charge is 2.39. The van der Waals surface area contributed by atoms with Crippen LogP contribution in [0.15, 0.2) is 120 Å². The number of hydrogen-bond donors (Lipinski definition) is 14. The fourth-order valence-electron chi connectivity index (χ4n) is 9.85. The minimum absolute atomic E-state index is 0. The van der Waals surface area contributed by atoms with Crippen molar-refractivity contribution in [1.82, 2.24) is 52.4 Å². The minimum atomic E-state index is -1.74. The molecule has 27 nitrogen and oxygen atoms in total. The molecule has 0 bridgehead atoms. The molecule has 1 fully saturated rings. The molecule has 0 saturated carbocycles. The van der Waals surface area contributed by atoms with E-state index in [-0.39, 0.29) is 94.7 Å². The molecule has 6 rings (SSSR count). The summed E-state index contributed by atoms with van der Waals surface area (Å²) in [6, 6.07) is 21.2. The lowest BCUT2D eigenvalue weighted by Gasteiger charge is -2.30. The molecule has 478 valence electrons. The number of fused-ring (bicyclic) bond motifs is 1. The molecule has 0 aliphatic carbocycles. The zero-order valence-corrected chi connectivity index (χ0v) is 50.2. The number of halogens is 1. The topological polar surface area (TPSA) is 426 Å². The van der Waals surface area contributed by atoms with E-state index < -0.39 is 121 Å². The molecule has 1 saturated heterocycles. The summed E-state index contributed by atoms with van der Waals surface area (Å²) in [5, 5.41) is 42.1. The summed E-state index contributed by atoms with van der Waals surface area (Å²) in [6.07, 6.45) is 1.38. The lowest BCUT2D eigenvalue weighted by Crippen LogP contribution is -2.60. The Morgan fingerprint density at radius 2 is 1.20 bits per heavy atom. The number of hydrogen-bond acceptors (Lipinski definition) is 14. The molecule has 4 aromatic carbocycles. The van der Waals surface area contributed by atoms with E-state index in [1.807, 2.05) is 24.3 Å². The lowest BCUT2D eigenvalue weighted by molar-refractivity contribution is -0.142. The summed E-state index contributed by atoms with van der Waals surface area (Å²) >= 11 is 0. The summed E-state index contributed by atoms with van der Waals surface area (Å²) in [7, 11) is 0. The van der Waals surface area contributed by atoms with Crippen LogP contribution < -0.4 is 59.7 Å². The monoisotopic (exact) mass is 1250 g/mol. The van der Waals surface area contributed by atoms with Crippen molar-refractivity contribution in [2.75, 3.05) is 32.8 Å². The van der Waals surface area contributed by atoms with E-state index in [1.54, 1.807) is 80.7 Å². The smallest absolute Gasteiger partial charge is 0.408 e. The van der Waals surface area contributed by atoms with Crippen LogP contribution in [0.25, 0.3) is 10.9 Å². The Hall–Kier alpha value is -9.76. The van der Waals surface area contributed by atoms with Crippen molar-refractivity contribution in [3.63, 3.8) is 0 Å². The van der Waals surface area contributed by atoms with E-state index in [4.69, 9.17) is 21.9 Å². The predicted molar refractivity (Wildman–Crippen MR) is 331 cm³/mol. The molecule has 2 heterocycles.